The van der Waals surface area contributed by atoms with E-state index in [2.05, 4.69) is 34.6 Å². The van der Waals surface area contributed by atoms with Crippen LogP contribution in [0.4, 0.5) is 4.79 Å². The number of aryl methyl sites for hydroxylation is 1. The summed E-state index contributed by atoms with van der Waals surface area (Å²) < 4.78 is 4.93. The van der Waals surface area contributed by atoms with Crippen molar-refractivity contribution in [2.24, 2.45) is 0 Å². The van der Waals surface area contributed by atoms with E-state index in [1.807, 2.05) is 0 Å². The van der Waals surface area contributed by atoms with Crippen LogP contribution in [0.2, 0.25) is 18.1 Å². The molecule has 0 atom stereocenters. The monoisotopic (exact) mass is 380 g/mol. The quantitative estimate of drug-likeness (QED) is 0.267. The van der Waals surface area contributed by atoms with Gasteiger partial charge in [-0.1, -0.05) is 65.6 Å². The van der Waals surface area contributed by atoms with Gasteiger partial charge in [0.2, 0.25) is 0 Å². The third kappa shape index (κ3) is 5.50. The average Bonchev–Trinajstić information content (AvgIpc) is 2.62. The highest BCUT2D eigenvalue weighted by Gasteiger charge is 2.31. The first-order valence-electron chi connectivity index (χ1n) is 10.1. The maximum absolute atomic E-state index is 11.1. The van der Waals surface area contributed by atoms with Gasteiger partial charge in [0.15, 0.2) is 11.5 Å². The second-order valence-corrected chi connectivity index (χ2v) is 12.8. The second kappa shape index (κ2) is 10.6. The number of unbranched alkanes of at least 4 members (excludes halogenated alkanes) is 1. The average molecular weight is 381 g/mol. The number of hydrogen-bond acceptors (Lipinski definition) is 3. The van der Waals surface area contributed by atoms with Crippen LogP contribution in [0.1, 0.15) is 70.6 Å². The maximum Gasteiger partial charge on any atom is 0.511 e. The maximum atomic E-state index is 11.1. The van der Waals surface area contributed by atoms with Crippen molar-refractivity contribution in [2.75, 3.05) is 0 Å². The van der Waals surface area contributed by atoms with Crippen LogP contribution < -0.4 is 4.74 Å². The molecule has 0 aliphatic heterocycles. The topological polar surface area (TPSA) is 66.8 Å². The third-order valence-electron chi connectivity index (χ3n) is 5.88. The number of carbonyl (C=O) groups is 1. The van der Waals surface area contributed by atoms with Crippen molar-refractivity contribution in [3.05, 3.63) is 22.8 Å². The van der Waals surface area contributed by atoms with E-state index in [-0.39, 0.29) is 11.5 Å². The highest BCUT2D eigenvalue weighted by atomic mass is 28.3. The summed E-state index contributed by atoms with van der Waals surface area (Å²) >= 11 is 0. The lowest BCUT2D eigenvalue weighted by Crippen LogP contribution is -2.35. The number of phenols is 1. The fraction of sp³-hybridized carbons (Fsp3) is 0.667. The first-order valence-corrected chi connectivity index (χ1v) is 13.0. The van der Waals surface area contributed by atoms with Crippen LogP contribution in [0, 0.1) is 0 Å². The molecule has 0 radical (unpaired) electrons. The molecule has 0 heterocycles. The molecule has 1 aromatic rings. The van der Waals surface area contributed by atoms with Gasteiger partial charge in [0.25, 0.3) is 0 Å². The Morgan fingerprint density at radius 2 is 1.62 bits per heavy atom. The number of aromatic hydroxyl groups is 1. The molecule has 0 unspecified atom stereocenters. The molecule has 2 N–H and O–H groups in total. The molecule has 1 rings (SSSR count). The Bertz CT molecular complexity index is 586. The van der Waals surface area contributed by atoms with Crippen molar-refractivity contribution in [1.29, 1.82) is 0 Å². The zero-order valence-electron chi connectivity index (χ0n) is 17.2. The number of ether oxygens (including phenoxy) is 1. The van der Waals surface area contributed by atoms with E-state index >= 15 is 0 Å². The first kappa shape index (κ1) is 22.5. The smallest absolute Gasteiger partial charge is 0.504 e. The summed E-state index contributed by atoms with van der Waals surface area (Å²) in [5.74, 6) is 0.146. The van der Waals surface area contributed by atoms with E-state index in [0.29, 0.717) is 0 Å². The van der Waals surface area contributed by atoms with Crippen LogP contribution in [0.25, 0.3) is 0 Å². The second-order valence-electron chi connectivity index (χ2n) is 7.30. The van der Waals surface area contributed by atoms with Crippen LogP contribution in [0.5, 0.6) is 11.5 Å². The SMILES string of the molecule is CCCCc1c(CCC)cc(OC(=O)O)c(O)c1C[Si](CC)(CC)CC. The molecule has 0 fully saturated rings. The summed E-state index contributed by atoms with van der Waals surface area (Å²) in [7, 11) is -1.53. The molecule has 26 heavy (non-hydrogen) atoms. The van der Waals surface area contributed by atoms with Crippen molar-refractivity contribution in [3.8, 4) is 11.5 Å². The Morgan fingerprint density at radius 1 is 1.00 bits per heavy atom. The lowest BCUT2D eigenvalue weighted by atomic mass is 9.93. The number of carboxylic acid groups (broad SMARTS) is 1. The molecular formula is C21H36O4Si. The van der Waals surface area contributed by atoms with Crippen LogP contribution in [-0.2, 0) is 18.9 Å². The van der Waals surface area contributed by atoms with Crippen molar-refractivity contribution in [2.45, 2.75) is 90.9 Å². The van der Waals surface area contributed by atoms with E-state index in [9.17, 15) is 9.90 Å². The molecule has 0 saturated heterocycles. The van der Waals surface area contributed by atoms with E-state index in [1.165, 1.54) is 23.7 Å². The van der Waals surface area contributed by atoms with Crippen molar-refractivity contribution in [1.82, 2.24) is 0 Å². The van der Waals surface area contributed by atoms with Gasteiger partial charge >= 0.3 is 6.16 Å². The fourth-order valence-electron chi connectivity index (χ4n) is 3.82. The summed E-state index contributed by atoms with van der Waals surface area (Å²) in [5, 5.41) is 20.0. The third-order valence-corrected chi connectivity index (χ3v) is 11.5. The van der Waals surface area contributed by atoms with Gasteiger partial charge in [-0.25, -0.2) is 4.79 Å². The summed E-state index contributed by atoms with van der Waals surface area (Å²) in [6.45, 7) is 11.1. The van der Waals surface area contributed by atoms with Gasteiger partial charge in [0.05, 0.1) is 8.07 Å². The Balaban J connectivity index is 3.57. The van der Waals surface area contributed by atoms with Crippen molar-refractivity contribution < 1.29 is 19.7 Å². The molecule has 0 aliphatic rings. The zero-order chi connectivity index (χ0) is 19.7. The minimum atomic E-state index is -1.53. The van der Waals surface area contributed by atoms with Gasteiger partial charge in [0, 0.05) is 0 Å². The molecule has 0 saturated carbocycles. The largest absolute Gasteiger partial charge is 0.511 e. The minimum absolute atomic E-state index is 0.0468. The Hall–Kier alpha value is -1.49. The minimum Gasteiger partial charge on any atom is -0.504 e. The van der Waals surface area contributed by atoms with E-state index in [4.69, 9.17) is 9.84 Å². The molecule has 148 valence electrons. The van der Waals surface area contributed by atoms with E-state index < -0.39 is 14.2 Å². The standard InChI is InChI=1S/C21H36O4Si/c1-6-11-13-17-16(12-7-2)14-19(25-21(23)24)20(22)18(17)15-26(8-3,9-4)10-5/h14,22H,6-13,15H2,1-5H3,(H,23,24). The number of benzene rings is 1. The van der Waals surface area contributed by atoms with Gasteiger partial charge in [0.1, 0.15) is 0 Å². The van der Waals surface area contributed by atoms with Crippen LogP contribution >= 0.6 is 0 Å². The molecule has 1 aromatic carbocycles. The van der Waals surface area contributed by atoms with E-state index in [1.54, 1.807) is 6.07 Å². The predicted molar refractivity (Wildman–Crippen MR) is 110 cm³/mol. The lowest BCUT2D eigenvalue weighted by molar-refractivity contribution is 0.142. The van der Waals surface area contributed by atoms with Crippen molar-refractivity contribution >= 4 is 14.2 Å². The van der Waals surface area contributed by atoms with Gasteiger partial charge in [-0.05, 0) is 48.1 Å². The van der Waals surface area contributed by atoms with Gasteiger partial charge in [-0.3, -0.25) is 0 Å². The molecule has 0 spiro atoms. The van der Waals surface area contributed by atoms with Crippen molar-refractivity contribution in [3.63, 3.8) is 0 Å². The Morgan fingerprint density at radius 3 is 2.08 bits per heavy atom. The Labute approximate surface area is 159 Å². The molecule has 0 bridgehead atoms. The number of phenolic OH excluding ortho intramolecular Hbond substituents is 1. The van der Waals surface area contributed by atoms with E-state index in [0.717, 1.165) is 49.3 Å². The Kier molecular flexibility index (Phi) is 9.20. The lowest BCUT2D eigenvalue weighted by Gasteiger charge is -2.30. The van der Waals surface area contributed by atoms with Gasteiger partial charge < -0.3 is 14.9 Å². The molecule has 4 nitrogen and oxygen atoms in total. The predicted octanol–water partition coefficient (Wildman–Crippen LogP) is 6.33. The zero-order valence-corrected chi connectivity index (χ0v) is 18.2. The fourth-order valence-corrected chi connectivity index (χ4v) is 7.20. The summed E-state index contributed by atoms with van der Waals surface area (Å²) in [6, 6.07) is 6.14. The molecule has 0 aliphatic carbocycles. The molecular weight excluding hydrogens is 344 g/mol. The van der Waals surface area contributed by atoms with Gasteiger partial charge in [-0.2, -0.15) is 0 Å². The summed E-state index contributed by atoms with van der Waals surface area (Å²) in [5.41, 5.74) is 3.32. The van der Waals surface area contributed by atoms with Gasteiger partial charge in [-0.15, -0.1) is 0 Å². The molecule has 0 amide bonds. The number of rotatable bonds is 11. The van der Waals surface area contributed by atoms with Crippen LogP contribution in [-0.4, -0.2) is 24.4 Å². The summed E-state index contributed by atoms with van der Waals surface area (Å²) in [6.07, 6.45) is 3.58. The van der Waals surface area contributed by atoms with Crippen LogP contribution in [0.15, 0.2) is 6.07 Å². The highest BCUT2D eigenvalue weighted by molar-refractivity contribution is 6.79. The molecule has 0 aromatic heterocycles. The van der Waals surface area contributed by atoms with Crippen LogP contribution in [0.3, 0.4) is 0 Å². The highest BCUT2D eigenvalue weighted by Crippen LogP contribution is 2.40. The normalized spacial score (nSPS) is 11.6. The summed E-state index contributed by atoms with van der Waals surface area (Å²) in [4.78, 5) is 11.1. The first-order chi connectivity index (χ1) is 12.4. The number of hydrogen-bond donors (Lipinski definition) is 2. The molecule has 5 heteroatoms.